The monoisotopic (exact) mass is 445 g/mol. The van der Waals surface area contributed by atoms with E-state index in [9.17, 15) is 13.2 Å². The predicted octanol–water partition coefficient (Wildman–Crippen LogP) is 3.08. The molecule has 1 N–H and O–H groups in total. The molecule has 0 saturated carbocycles. The van der Waals surface area contributed by atoms with Gasteiger partial charge < -0.3 is 9.30 Å². The lowest BCUT2D eigenvalue weighted by molar-refractivity contribution is -0.113. The lowest BCUT2D eigenvalue weighted by Gasteiger charge is -2.13. The van der Waals surface area contributed by atoms with E-state index in [2.05, 4.69) is 9.71 Å². The van der Waals surface area contributed by atoms with Gasteiger partial charge in [0.05, 0.1) is 17.3 Å². The van der Waals surface area contributed by atoms with Crippen LogP contribution >= 0.6 is 11.3 Å². The fourth-order valence-corrected chi connectivity index (χ4v) is 5.35. The number of methoxy groups -OCH3 is 1. The Morgan fingerprint density at radius 3 is 2.63 bits per heavy atom. The van der Waals surface area contributed by atoms with Gasteiger partial charge in [-0.25, -0.2) is 13.1 Å². The summed E-state index contributed by atoms with van der Waals surface area (Å²) in [5, 5.41) is 0. The second-order valence-electron chi connectivity index (χ2n) is 6.88. The molecule has 0 aliphatic heterocycles. The smallest absolute Gasteiger partial charge is 0.272 e. The van der Waals surface area contributed by atoms with Gasteiger partial charge in [-0.3, -0.25) is 4.79 Å². The number of nitrogens with zero attached hydrogens (tertiary/aromatic N) is 2. The first-order chi connectivity index (χ1) is 14.2. The van der Waals surface area contributed by atoms with E-state index in [0.29, 0.717) is 10.4 Å². The Morgan fingerprint density at radius 1 is 1.23 bits per heavy atom. The summed E-state index contributed by atoms with van der Waals surface area (Å²) in [6, 6.07) is 12.3. The Balaban J connectivity index is 1.91. The molecule has 0 spiro atoms. The molecule has 0 fully saturated rings. The van der Waals surface area contributed by atoms with Crippen LogP contribution in [0.15, 0.2) is 58.4 Å². The number of carbonyl (C=O) groups excluding carboxylic acids is 1. The zero-order chi connectivity index (χ0) is 21.9. The Bertz CT molecular complexity index is 1290. The summed E-state index contributed by atoms with van der Waals surface area (Å²) in [5.41, 5.74) is 1.55. The van der Waals surface area contributed by atoms with Crippen LogP contribution in [0, 0.1) is 0 Å². The predicted molar refractivity (Wildman–Crippen MR) is 119 cm³/mol. The minimum atomic E-state index is -3.75. The van der Waals surface area contributed by atoms with Gasteiger partial charge in [-0.05, 0) is 49.8 Å². The summed E-state index contributed by atoms with van der Waals surface area (Å²) >= 11 is 1.43. The first kappa shape index (κ1) is 21.9. The van der Waals surface area contributed by atoms with Crippen molar-refractivity contribution in [2.45, 2.75) is 24.8 Å². The summed E-state index contributed by atoms with van der Waals surface area (Å²) in [7, 11) is -0.484. The van der Waals surface area contributed by atoms with Crippen LogP contribution < -0.4 is 14.3 Å². The second-order valence-corrected chi connectivity index (χ2v) is 9.57. The van der Waals surface area contributed by atoms with Crippen LogP contribution in [0.3, 0.4) is 0 Å². The summed E-state index contributed by atoms with van der Waals surface area (Å²) in [4.78, 5) is 17.1. The molecule has 0 bridgehead atoms. The number of thiazole rings is 1. The molecular weight excluding hydrogens is 422 g/mol. The van der Waals surface area contributed by atoms with Gasteiger partial charge in [-0.15, -0.1) is 0 Å². The fraction of sp³-hybridized carbons (Fsp3) is 0.238. The molecule has 2 aromatic carbocycles. The third-order valence-corrected chi connectivity index (χ3v) is 7.00. The molecule has 0 atom stereocenters. The minimum absolute atomic E-state index is 0.0149. The van der Waals surface area contributed by atoms with Gasteiger partial charge in [-0.1, -0.05) is 29.5 Å². The van der Waals surface area contributed by atoms with Crippen molar-refractivity contribution in [3.8, 4) is 5.75 Å². The SMILES string of the molecule is COc1ccc(C=CC(=O)N=c2sc3ccccc3n2C)cc1S(=O)(=O)NC(C)C. The van der Waals surface area contributed by atoms with Gasteiger partial charge in [0.15, 0.2) is 4.80 Å². The number of aromatic nitrogens is 1. The van der Waals surface area contributed by atoms with Crippen molar-refractivity contribution in [3.05, 3.63) is 58.9 Å². The van der Waals surface area contributed by atoms with Crippen LogP contribution in [-0.4, -0.2) is 32.0 Å². The van der Waals surface area contributed by atoms with Crippen LogP contribution in [0.1, 0.15) is 19.4 Å². The van der Waals surface area contributed by atoms with Gasteiger partial charge in [0.1, 0.15) is 10.6 Å². The van der Waals surface area contributed by atoms with E-state index in [1.165, 1.54) is 36.7 Å². The van der Waals surface area contributed by atoms with Crippen molar-refractivity contribution < 1.29 is 17.9 Å². The molecule has 1 aromatic heterocycles. The van der Waals surface area contributed by atoms with Gasteiger partial charge in [0, 0.05) is 19.2 Å². The molecule has 3 rings (SSSR count). The van der Waals surface area contributed by atoms with E-state index in [4.69, 9.17) is 4.74 Å². The maximum absolute atomic E-state index is 12.6. The standard InChI is InChI=1S/C21H23N3O4S2/c1-14(2)23-30(26,27)19-13-15(9-11-17(19)28-4)10-12-20(25)22-21-24(3)16-7-5-6-8-18(16)29-21/h5-14,23H,1-4H3. The molecule has 0 unspecified atom stereocenters. The van der Waals surface area contributed by atoms with Crippen molar-refractivity contribution in [1.29, 1.82) is 0 Å². The third kappa shape index (κ3) is 4.86. The maximum Gasteiger partial charge on any atom is 0.272 e. The summed E-state index contributed by atoms with van der Waals surface area (Å²) in [5.74, 6) is -0.202. The van der Waals surface area contributed by atoms with E-state index >= 15 is 0 Å². The van der Waals surface area contributed by atoms with E-state index < -0.39 is 15.9 Å². The highest BCUT2D eigenvalue weighted by Gasteiger charge is 2.20. The highest BCUT2D eigenvalue weighted by molar-refractivity contribution is 7.89. The topological polar surface area (TPSA) is 89.8 Å². The molecule has 0 aliphatic rings. The number of aryl methyl sites for hydroxylation is 1. The van der Waals surface area contributed by atoms with E-state index in [0.717, 1.165) is 10.2 Å². The minimum Gasteiger partial charge on any atom is -0.495 e. The number of carbonyl (C=O) groups is 1. The highest BCUT2D eigenvalue weighted by Crippen LogP contribution is 2.25. The number of para-hydroxylation sites is 1. The number of hydrogen-bond acceptors (Lipinski definition) is 5. The summed E-state index contributed by atoms with van der Waals surface area (Å²) < 4.78 is 35.8. The third-order valence-electron chi connectivity index (χ3n) is 4.21. The highest BCUT2D eigenvalue weighted by atomic mass is 32.2. The van der Waals surface area contributed by atoms with Crippen LogP contribution in [0.4, 0.5) is 0 Å². The molecule has 1 amide bonds. The van der Waals surface area contributed by atoms with Crippen LogP contribution in [-0.2, 0) is 21.9 Å². The van der Waals surface area contributed by atoms with E-state index in [-0.39, 0.29) is 16.7 Å². The van der Waals surface area contributed by atoms with E-state index in [1.807, 2.05) is 35.9 Å². The largest absolute Gasteiger partial charge is 0.495 e. The van der Waals surface area contributed by atoms with Gasteiger partial charge in [-0.2, -0.15) is 4.99 Å². The molecule has 0 aliphatic carbocycles. The van der Waals surface area contributed by atoms with Crippen molar-refractivity contribution in [2.75, 3.05) is 7.11 Å². The van der Waals surface area contributed by atoms with Crippen LogP contribution in [0.5, 0.6) is 5.75 Å². The lowest BCUT2D eigenvalue weighted by atomic mass is 10.2. The van der Waals surface area contributed by atoms with Gasteiger partial charge >= 0.3 is 0 Å². The number of hydrogen-bond donors (Lipinski definition) is 1. The maximum atomic E-state index is 12.6. The van der Waals surface area contributed by atoms with Gasteiger partial charge in [0.2, 0.25) is 10.0 Å². The molecule has 0 radical (unpaired) electrons. The van der Waals surface area contributed by atoms with Crippen LogP contribution in [0.25, 0.3) is 16.3 Å². The van der Waals surface area contributed by atoms with Gasteiger partial charge in [0.25, 0.3) is 5.91 Å². The molecule has 158 valence electrons. The molecule has 30 heavy (non-hydrogen) atoms. The zero-order valence-electron chi connectivity index (χ0n) is 17.1. The number of benzene rings is 2. The number of amides is 1. The Kier molecular flexibility index (Phi) is 6.55. The molecule has 9 heteroatoms. The number of sulfonamides is 1. The van der Waals surface area contributed by atoms with Crippen LogP contribution in [0.2, 0.25) is 0 Å². The molecule has 7 nitrogen and oxygen atoms in total. The molecular formula is C21H23N3O4S2. The lowest BCUT2D eigenvalue weighted by Crippen LogP contribution is -2.30. The number of fused-ring (bicyclic) bond motifs is 1. The summed E-state index contributed by atoms with van der Waals surface area (Å²) in [6.45, 7) is 3.48. The zero-order valence-corrected chi connectivity index (χ0v) is 18.8. The van der Waals surface area contributed by atoms with Crippen molar-refractivity contribution in [2.24, 2.45) is 12.0 Å². The van der Waals surface area contributed by atoms with E-state index in [1.54, 1.807) is 26.0 Å². The Morgan fingerprint density at radius 2 is 1.97 bits per heavy atom. The number of ether oxygens (including phenoxy) is 1. The fourth-order valence-electron chi connectivity index (χ4n) is 2.87. The van der Waals surface area contributed by atoms with Crippen molar-refractivity contribution >= 4 is 43.6 Å². The van der Waals surface area contributed by atoms with Crippen molar-refractivity contribution in [3.63, 3.8) is 0 Å². The molecule has 0 saturated heterocycles. The second kappa shape index (κ2) is 8.95. The Labute approximate surface area is 179 Å². The normalized spacial score (nSPS) is 12.9. The average molecular weight is 446 g/mol. The first-order valence-electron chi connectivity index (χ1n) is 9.23. The molecule has 3 aromatic rings. The first-order valence-corrected chi connectivity index (χ1v) is 11.5. The molecule has 1 heterocycles. The quantitative estimate of drug-likeness (QED) is 0.591. The Hall–Kier alpha value is -2.75. The van der Waals surface area contributed by atoms with Crippen molar-refractivity contribution in [1.82, 2.24) is 9.29 Å². The summed E-state index contributed by atoms with van der Waals surface area (Å²) in [6.07, 6.45) is 2.85. The number of rotatable bonds is 6. The number of nitrogens with one attached hydrogen (secondary N) is 1. The average Bonchev–Trinajstić information content (AvgIpc) is 3.01.